The van der Waals surface area contributed by atoms with Crippen molar-refractivity contribution in [2.45, 2.75) is 13.1 Å². The fourth-order valence-electron chi connectivity index (χ4n) is 2.90. The molecule has 126 valence electrons. The number of anilines is 1. The van der Waals surface area contributed by atoms with Crippen LogP contribution < -0.4 is 4.72 Å². The summed E-state index contributed by atoms with van der Waals surface area (Å²) in [5, 5.41) is 5.61. The second-order valence-electron chi connectivity index (χ2n) is 5.68. The average molecular weight is 386 g/mol. The summed E-state index contributed by atoms with van der Waals surface area (Å²) < 4.78 is 30.8. The van der Waals surface area contributed by atoms with Gasteiger partial charge in [0.15, 0.2) is 0 Å². The number of rotatable bonds is 2. The van der Waals surface area contributed by atoms with Crippen LogP contribution in [0.5, 0.6) is 0 Å². The van der Waals surface area contributed by atoms with Gasteiger partial charge in [0.2, 0.25) is 0 Å². The molecule has 3 heterocycles. The van der Waals surface area contributed by atoms with Crippen molar-refractivity contribution in [3.05, 3.63) is 45.8 Å². The molecule has 24 heavy (non-hydrogen) atoms. The van der Waals surface area contributed by atoms with Gasteiger partial charge in [-0.2, -0.15) is 17.8 Å². The first kappa shape index (κ1) is 15.8. The third kappa shape index (κ3) is 2.46. The highest BCUT2D eigenvalue weighted by Crippen LogP contribution is 2.40. The van der Waals surface area contributed by atoms with E-state index in [1.165, 1.54) is 4.31 Å². The average Bonchev–Trinajstić information content (AvgIpc) is 3.08. The SMILES string of the molecule is Cn1cc(CN2Cc3cc(Cl)c4c(Cl)c[nH]c4c3NS2(=O)=O)cn1. The largest absolute Gasteiger partial charge is 0.358 e. The van der Waals surface area contributed by atoms with Crippen molar-refractivity contribution < 1.29 is 8.42 Å². The third-order valence-corrected chi connectivity index (χ3v) is 5.97. The molecule has 2 N–H and O–H groups in total. The van der Waals surface area contributed by atoms with Gasteiger partial charge in [-0.05, 0) is 11.6 Å². The Kier molecular flexibility index (Phi) is 3.54. The number of nitrogens with zero attached hydrogens (tertiary/aromatic N) is 3. The predicted molar refractivity (Wildman–Crippen MR) is 93.3 cm³/mol. The Balaban J connectivity index is 1.79. The van der Waals surface area contributed by atoms with Crippen molar-refractivity contribution in [3.8, 4) is 0 Å². The molecule has 0 bridgehead atoms. The molecule has 2 aromatic heterocycles. The number of aromatic amines is 1. The topological polar surface area (TPSA) is 83.0 Å². The lowest BCUT2D eigenvalue weighted by Crippen LogP contribution is -2.39. The lowest BCUT2D eigenvalue weighted by molar-refractivity contribution is 0.400. The number of benzene rings is 1. The molecular formula is C14H13Cl2N5O2S. The molecule has 10 heteroatoms. The molecule has 0 spiro atoms. The summed E-state index contributed by atoms with van der Waals surface area (Å²) in [5.74, 6) is 0. The Morgan fingerprint density at radius 3 is 2.83 bits per heavy atom. The van der Waals surface area contributed by atoms with E-state index in [-0.39, 0.29) is 13.1 Å². The summed E-state index contributed by atoms with van der Waals surface area (Å²) in [6.45, 7) is 0.440. The van der Waals surface area contributed by atoms with Gasteiger partial charge in [-0.25, -0.2) is 0 Å². The number of hydrogen-bond donors (Lipinski definition) is 2. The van der Waals surface area contributed by atoms with Gasteiger partial charge in [0.1, 0.15) is 0 Å². The number of H-pyrrole nitrogens is 1. The number of aromatic nitrogens is 3. The van der Waals surface area contributed by atoms with Crippen LogP contribution in [0.25, 0.3) is 10.9 Å². The maximum atomic E-state index is 12.6. The molecule has 0 atom stereocenters. The molecule has 0 unspecified atom stereocenters. The van der Waals surface area contributed by atoms with E-state index >= 15 is 0 Å². The highest BCUT2D eigenvalue weighted by molar-refractivity contribution is 7.90. The maximum absolute atomic E-state index is 12.6. The number of halogens is 2. The quantitative estimate of drug-likeness (QED) is 0.711. The van der Waals surface area contributed by atoms with Crippen LogP contribution in [0.2, 0.25) is 10.0 Å². The number of fused-ring (bicyclic) bond motifs is 3. The zero-order chi connectivity index (χ0) is 17.1. The Morgan fingerprint density at radius 2 is 2.12 bits per heavy atom. The highest BCUT2D eigenvalue weighted by atomic mass is 35.5. The van der Waals surface area contributed by atoms with E-state index in [0.717, 1.165) is 11.1 Å². The van der Waals surface area contributed by atoms with Gasteiger partial charge in [0.25, 0.3) is 0 Å². The van der Waals surface area contributed by atoms with Gasteiger partial charge < -0.3 is 4.98 Å². The summed E-state index contributed by atoms with van der Waals surface area (Å²) in [5.41, 5.74) is 2.67. The lowest BCUT2D eigenvalue weighted by Gasteiger charge is -2.29. The minimum atomic E-state index is -3.68. The second-order valence-corrected chi connectivity index (χ2v) is 8.16. The first-order chi connectivity index (χ1) is 11.3. The zero-order valence-corrected chi connectivity index (χ0v) is 14.9. The van der Waals surface area contributed by atoms with E-state index in [9.17, 15) is 8.42 Å². The third-order valence-electron chi connectivity index (χ3n) is 3.98. The van der Waals surface area contributed by atoms with Crippen molar-refractivity contribution in [3.63, 3.8) is 0 Å². The van der Waals surface area contributed by atoms with E-state index in [1.54, 1.807) is 36.4 Å². The van der Waals surface area contributed by atoms with E-state index in [1.807, 2.05) is 0 Å². The van der Waals surface area contributed by atoms with E-state index in [2.05, 4.69) is 14.8 Å². The van der Waals surface area contributed by atoms with Crippen molar-refractivity contribution in [1.82, 2.24) is 19.1 Å². The van der Waals surface area contributed by atoms with Crippen molar-refractivity contribution in [2.24, 2.45) is 7.05 Å². The monoisotopic (exact) mass is 385 g/mol. The van der Waals surface area contributed by atoms with Crippen LogP contribution in [-0.2, 0) is 30.3 Å². The van der Waals surface area contributed by atoms with Gasteiger partial charge in [-0.1, -0.05) is 23.2 Å². The molecular weight excluding hydrogens is 373 g/mol. The Hall–Kier alpha value is -1.74. The van der Waals surface area contributed by atoms with Crippen molar-refractivity contribution in [2.75, 3.05) is 4.72 Å². The summed E-state index contributed by atoms with van der Waals surface area (Å²) >= 11 is 12.4. The van der Waals surface area contributed by atoms with Crippen molar-refractivity contribution in [1.29, 1.82) is 0 Å². The first-order valence-electron chi connectivity index (χ1n) is 7.08. The van der Waals surface area contributed by atoms with Crippen LogP contribution in [0.3, 0.4) is 0 Å². The number of hydrogen-bond acceptors (Lipinski definition) is 3. The molecule has 1 aliphatic heterocycles. The van der Waals surface area contributed by atoms with Crippen LogP contribution in [-0.4, -0.2) is 27.5 Å². The smallest absolute Gasteiger partial charge is 0.302 e. The molecule has 1 aliphatic rings. The Morgan fingerprint density at radius 1 is 1.33 bits per heavy atom. The summed E-state index contributed by atoms with van der Waals surface area (Å²) in [4.78, 5) is 2.99. The zero-order valence-electron chi connectivity index (χ0n) is 12.5. The molecule has 0 radical (unpaired) electrons. The van der Waals surface area contributed by atoms with Crippen LogP contribution in [0, 0.1) is 0 Å². The van der Waals surface area contributed by atoms with Crippen LogP contribution >= 0.6 is 23.2 Å². The molecule has 3 aromatic rings. The van der Waals surface area contributed by atoms with Gasteiger partial charge in [0, 0.05) is 43.5 Å². The minimum absolute atomic E-state index is 0.214. The van der Waals surface area contributed by atoms with E-state index in [0.29, 0.717) is 26.6 Å². The van der Waals surface area contributed by atoms with Crippen LogP contribution in [0.15, 0.2) is 24.7 Å². The van der Waals surface area contributed by atoms with Gasteiger partial charge in [-0.3, -0.25) is 9.40 Å². The fraction of sp³-hybridized carbons (Fsp3) is 0.214. The minimum Gasteiger partial charge on any atom is -0.358 e. The van der Waals surface area contributed by atoms with Gasteiger partial charge in [0.05, 0.1) is 27.4 Å². The highest BCUT2D eigenvalue weighted by Gasteiger charge is 2.31. The standard InChI is InChI=1S/C14H13Cl2N5O2S/c1-20-5-8(3-18-20)6-21-7-9-2-10(15)12-11(16)4-17-14(12)13(9)19-24(21,22)23/h2-5,17,19H,6-7H2,1H3. The number of nitrogens with one attached hydrogen (secondary N) is 2. The van der Waals surface area contributed by atoms with Crippen molar-refractivity contribution >= 4 is 50.0 Å². The lowest BCUT2D eigenvalue weighted by atomic mass is 10.1. The normalized spacial score (nSPS) is 17.0. The van der Waals surface area contributed by atoms with E-state index in [4.69, 9.17) is 23.2 Å². The Bertz CT molecular complexity index is 1060. The second kappa shape index (κ2) is 5.38. The number of aryl methyl sites for hydroxylation is 1. The molecule has 1 aromatic carbocycles. The maximum Gasteiger partial charge on any atom is 0.302 e. The van der Waals surface area contributed by atoms with Gasteiger partial charge >= 0.3 is 10.2 Å². The fourth-order valence-corrected chi connectivity index (χ4v) is 4.77. The molecule has 7 nitrogen and oxygen atoms in total. The van der Waals surface area contributed by atoms with E-state index < -0.39 is 10.2 Å². The summed E-state index contributed by atoms with van der Waals surface area (Å²) in [6, 6.07) is 1.75. The molecule has 0 saturated heterocycles. The van der Waals surface area contributed by atoms with Gasteiger partial charge in [-0.15, -0.1) is 0 Å². The molecule has 4 rings (SSSR count). The van der Waals surface area contributed by atoms with Crippen LogP contribution in [0.1, 0.15) is 11.1 Å². The molecule has 0 fully saturated rings. The summed E-state index contributed by atoms with van der Waals surface area (Å²) in [7, 11) is -1.90. The predicted octanol–water partition coefficient (Wildman–Crippen LogP) is 2.88. The molecule has 0 saturated carbocycles. The molecule has 0 amide bonds. The van der Waals surface area contributed by atoms with Crippen LogP contribution in [0.4, 0.5) is 5.69 Å². The summed E-state index contributed by atoms with van der Waals surface area (Å²) in [6.07, 6.45) is 5.02. The molecule has 0 aliphatic carbocycles. The Labute approximate surface area is 148 Å². The first-order valence-corrected chi connectivity index (χ1v) is 9.28.